The molecule has 1 saturated carbocycles. The molecular weight excluding hydrogens is 290 g/mol. The highest BCUT2D eigenvalue weighted by atomic mass is 32.2. The van der Waals surface area contributed by atoms with Crippen molar-refractivity contribution in [2.24, 2.45) is 0 Å². The highest BCUT2D eigenvalue weighted by molar-refractivity contribution is 7.89. The monoisotopic (exact) mass is 315 g/mol. The van der Waals surface area contributed by atoms with Crippen molar-refractivity contribution in [3.05, 3.63) is 11.8 Å². The van der Waals surface area contributed by atoms with Crippen molar-refractivity contribution in [3.8, 4) is 0 Å². The van der Waals surface area contributed by atoms with Crippen molar-refractivity contribution in [2.45, 2.75) is 43.3 Å². The summed E-state index contributed by atoms with van der Waals surface area (Å²) in [7, 11) is 0.445. The predicted octanol–water partition coefficient (Wildman–Crippen LogP) is 0.282. The lowest BCUT2D eigenvalue weighted by atomic mass is 9.76. The molecule has 1 fully saturated rings. The molecule has 8 heteroatoms. The van der Waals surface area contributed by atoms with Crippen molar-refractivity contribution in [2.75, 3.05) is 27.2 Å². The molecule has 0 saturated heterocycles. The summed E-state index contributed by atoms with van der Waals surface area (Å²) < 4.78 is 27.6. The summed E-state index contributed by atoms with van der Waals surface area (Å²) in [5.41, 5.74) is 0.617. The molecule has 0 atom stereocenters. The topological polar surface area (TPSA) is 90.1 Å². The van der Waals surface area contributed by atoms with E-state index in [4.69, 9.17) is 0 Å². The number of nitrogens with one attached hydrogen (secondary N) is 3. The Labute approximate surface area is 126 Å². The van der Waals surface area contributed by atoms with Crippen LogP contribution in [0.15, 0.2) is 11.2 Å². The van der Waals surface area contributed by atoms with E-state index in [1.807, 2.05) is 21.0 Å². The molecule has 120 valence electrons. The van der Waals surface area contributed by atoms with Crippen LogP contribution in [0.1, 0.15) is 31.7 Å². The van der Waals surface area contributed by atoms with Crippen molar-refractivity contribution in [1.82, 2.24) is 25.1 Å². The summed E-state index contributed by atoms with van der Waals surface area (Å²) in [6.07, 6.45) is 4.75. The molecule has 1 heterocycles. The second-order valence-electron chi connectivity index (χ2n) is 5.80. The zero-order chi connectivity index (χ0) is 15.5. The van der Waals surface area contributed by atoms with Crippen LogP contribution >= 0.6 is 0 Å². The molecule has 0 radical (unpaired) electrons. The molecule has 0 aliphatic heterocycles. The number of hydrogen-bond donors (Lipinski definition) is 3. The zero-order valence-electron chi connectivity index (χ0n) is 12.9. The number of hydrogen-bond acceptors (Lipinski definition) is 5. The highest BCUT2D eigenvalue weighted by Gasteiger charge is 2.40. The lowest BCUT2D eigenvalue weighted by molar-refractivity contribution is 0.0656. The van der Waals surface area contributed by atoms with Crippen LogP contribution in [0.3, 0.4) is 0 Å². The minimum Gasteiger partial charge on any atom is -0.313 e. The molecule has 1 aromatic heterocycles. The van der Waals surface area contributed by atoms with Gasteiger partial charge >= 0.3 is 0 Å². The maximum Gasteiger partial charge on any atom is 0.257 e. The van der Waals surface area contributed by atoms with Gasteiger partial charge in [0.1, 0.15) is 0 Å². The fourth-order valence-electron chi connectivity index (χ4n) is 2.59. The molecular formula is C13H25N5O2S. The first-order valence-electron chi connectivity index (χ1n) is 7.31. The predicted molar refractivity (Wildman–Crippen MR) is 81.4 cm³/mol. The fraction of sp³-hybridized carbons (Fsp3) is 0.769. The van der Waals surface area contributed by atoms with Gasteiger partial charge in [0.15, 0.2) is 5.03 Å². The Morgan fingerprint density at radius 1 is 1.43 bits per heavy atom. The first-order chi connectivity index (χ1) is 9.91. The molecule has 1 aliphatic rings. The average molecular weight is 315 g/mol. The van der Waals surface area contributed by atoms with Gasteiger partial charge in [-0.2, -0.15) is 5.10 Å². The van der Waals surface area contributed by atoms with Gasteiger partial charge in [-0.15, -0.1) is 0 Å². The van der Waals surface area contributed by atoms with Gasteiger partial charge in [0, 0.05) is 24.2 Å². The third-order valence-corrected chi connectivity index (χ3v) is 5.75. The van der Waals surface area contributed by atoms with Crippen LogP contribution in [0.25, 0.3) is 0 Å². The number of rotatable bonds is 8. The highest BCUT2D eigenvalue weighted by Crippen LogP contribution is 2.35. The van der Waals surface area contributed by atoms with Crippen LogP contribution in [-0.2, 0) is 16.6 Å². The Morgan fingerprint density at radius 2 is 2.14 bits per heavy atom. The van der Waals surface area contributed by atoms with E-state index in [1.54, 1.807) is 6.20 Å². The molecule has 7 nitrogen and oxygen atoms in total. The Bertz CT molecular complexity index is 563. The van der Waals surface area contributed by atoms with Crippen molar-refractivity contribution >= 4 is 10.0 Å². The van der Waals surface area contributed by atoms with Crippen LogP contribution in [0.5, 0.6) is 0 Å². The van der Waals surface area contributed by atoms with Gasteiger partial charge in [-0.3, -0.25) is 5.10 Å². The first kappa shape index (κ1) is 16.4. The lowest BCUT2D eigenvalue weighted by Gasteiger charge is -2.47. The van der Waals surface area contributed by atoms with Crippen LogP contribution in [-0.4, -0.2) is 56.2 Å². The third-order valence-electron chi connectivity index (χ3n) is 4.34. The number of H-pyrrole nitrogens is 1. The van der Waals surface area contributed by atoms with E-state index in [1.165, 1.54) is 0 Å². The summed E-state index contributed by atoms with van der Waals surface area (Å²) in [6, 6.07) is 0. The maximum absolute atomic E-state index is 12.5. The molecule has 0 aromatic carbocycles. The van der Waals surface area contributed by atoms with Crippen molar-refractivity contribution in [1.29, 1.82) is 0 Å². The van der Waals surface area contributed by atoms with Gasteiger partial charge < -0.3 is 10.2 Å². The molecule has 0 amide bonds. The van der Waals surface area contributed by atoms with Gasteiger partial charge in [-0.25, -0.2) is 13.1 Å². The summed E-state index contributed by atoms with van der Waals surface area (Å²) in [5.74, 6) is 0. The van der Waals surface area contributed by atoms with Crippen LogP contribution in [0.2, 0.25) is 0 Å². The minimum atomic E-state index is -3.56. The summed E-state index contributed by atoms with van der Waals surface area (Å²) in [4.78, 5) is 2.12. The number of sulfonamides is 1. The summed E-state index contributed by atoms with van der Waals surface area (Å²) in [6.45, 7) is 3.68. The van der Waals surface area contributed by atoms with E-state index < -0.39 is 10.0 Å². The quantitative estimate of drug-likeness (QED) is 0.641. The van der Waals surface area contributed by atoms with Crippen molar-refractivity contribution < 1.29 is 8.42 Å². The van der Waals surface area contributed by atoms with E-state index in [0.29, 0.717) is 18.7 Å². The molecule has 0 spiro atoms. The Hall–Kier alpha value is -0.960. The normalized spacial score (nSPS) is 17.9. The largest absolute Gasteiger partial charge is 0.313 e. The molecule has 1 aromatic rings. The smallest absolute Gasteiger partial charge is 0.257 e. The van der Waals surface area contributed by atoms with Crippen LogP contribution in [0, 0.1) is 0 Å². The minimum absolute atomic E-state index is 0.0467. The summed E-state index contributed by atoms with van der Waals surface area (Å²) in [5, 5.41) is 9.74. The molecule has 3 N–H and O–H groups in total. The number of aromatic nitrogens is 2. The molecule has 2 rings (SSSR count). The van der Waals surface area contributed by atoms with E-state index >= 15 is 0 Å². The number of aromatic amines is 1. The van der Waals surface area contributed by atoms with Gasteiger partial charge in [-0.1, -0.05) is 6.92 Å². The standard InChI is InChI=1S/C13H25N5O2S/c1-4-14-8-11-9-15-17-12(11)21(19,20)16-10-13(18(2)3)6-5-7-13/h9,14,16H,4-8,10H2,1-3H3,(H,15,17). The Balaban J connectivity index is 2.07. The maximum atomic E-state index is 12.5. The van der Waals surface area contributed by atoms with E-state index in [2.05, 4.69) is 25.1 Å². The third kappa shape index (κ3) is 3.45. The molecule has 21 heavy (non-hydrogen) atoms. The number of nitrogens with zero attached hydrogens (tertiary/aromatic N) is 2. The molecule has 1 aliphatic carbocycles. The van der Waals surface area contributed by atoms with E-state index in [-0.39, 0.29) is 10.6 Å². The van der Waals surface area contributed by atoms with Gasteiger partial charge in [-0.05, 0) is 39.9 Å². The lowest BCUT2D eigenvalue weighted by Crippen LogP contribution is -2.57. The fourth-order valence-corrected chi connectivity index (χ4v) is 3.83. The number of likely N-dealkylation sites (N-methyl/N-ethyl adjacent to an activating group) is 1. The van der Waals surface area contributed by atoms with Gasteiger partial charge in [0.2, 0.25) is 0 Å². The van der Waals surface area contributed by atoms with Gasteiger partial charge in [0.05, 0.1) is 6.20 Å². The second kappa shape index (κ2) is 6.43. The van der Waals surface area contributed by atoms with Crippen LogP contribution < -0.4 is 10.0 Å². The SMILES string of the molecule is CCNCc1cn[nH]c1S(=O)(=O)NCC1(N(C)C)CCC1. The summed E-state index contributed by atoms with van der Waals surface area (Å²) >= 11 is 0. The first-order valence-corrected chi connectivity index (χ1v) is 8.80. The Morgan fingerprint density at radius 3 is 2.67 bits per heavy atom. The second-order valence-corrected chi connectivity index (χ2v) is 7.51. The molecule has 0 bridgehead atoms. The average Bonchev–Trinajstić information content (AvgIpc) is 2.83. The van der Waals surface area contributed by atoms with E-state index in [0.717, 1.165) is 25.8 Å². The zero-order valence-corrected chi connectivity index (χ0v) is 13.8. The molecule has 0 unspecified atom stereocenters. The Kier molecular flexibility index (Phi) is 5.03. The van der Waals surface area contributed by atoms with E-state index in [9.17, 15) is 8.42 Å². The van der Waals surface area contributed by atoms with Gasteiger partial charge in [0.25, 0.3) is 10.0 Å². The van der Waals surface area contributed by atoms with Crippen molar-refractivity contribution in [3.63, 3.8) is 0 Å². The van der Waals surface area contributed by atoms with Crippen LogP contribution in [0.4, 0.5) is 0 Å².